The number of nitrogens with zero attached hydrogens (tertiary/aromatic N) is 4. The van der Waals surface area contributed by atoms with Crippen molar-refractivity contribution in [3.63, 3.8) is 0 Å². The van der Waals surface area contributed by atoms with Crippen LogP contribution in [0.4, 0.5) is 11.6 Å². The average molecular weight is 475 g/mol. The van der Waals surface area contributed by atoms with Gasteiger partial charge in [-0.25, -0.2) is 9.97 Å². The predicted molar refractivity (Wildman–Crippen MR) is 124 cm³/mol. The van der Waals surface area contributed by atoms with E-state index < -0.39 is 19.1 Å². The number of H-pyrrole nitrogens is 1. The molecule has 0 radical (unpaired) electrons. The fourth-order valence-corrected chi connectivity index (χ4v) is 4.42. The number of rotatable bonds is 10. The fourth-order valence-electron chi connectivity index (χ4n) is 3.04. The molecule has 0 fully saturated rings. The standard InChI is InChI=1S/C20H26N7O5P/c1-4-31-33(30,32-5-2)12-23-18(28)13-6-8-15(9-7-13)27(3)11-14-10-22-17-16(24-14)19(29)26-20(21)25-17/h6-10H,4-5,11-12H2,1-3H3,(H,23,28)(H3,21,22,25,26,29). The zero-order valence-electron chi connectivity index (χ0n) is 18.6. The van der Waals surface area contributed by atoms with Gasteiger partial charge in [0.2, 0.25) is 5.95 Å². The van der Waals surface area contributed by atoms with Gasteiger partial charge in [-0.05, 0) is 38.1 Å². The molecule has 1 amide bonds. The van der Waals surface area contributed by atoms with Crippen molar-refractivity contribution in [3.8, 4) is 0 Å². The van der Waals surface area contributed by atoms with Gasteiger partial charge < -0.3 is 25.0 Å². The molecule has 4 N–H and O–H groups in total. The molecule has 0 aliphatic heterocycles. The number of hydrogen-bond acceptors (Lipinski definition) is 10. The van der Waals surface area contributed by atoms with E-state index in [9.17, 15) is 14.2 Å². The molecule has 0 bridgehead atoms. The molecule has 0 aliphatic carbocycles. The minimum atomic E-state index is -3.37. The van der Waals surface area contributed by atoms with Crippen LogP contribution in [0.1, 0.15) is 29.9 Å². The number of benzene rings is 1. The summed E-state index contributed by atoms with van der Waals surface area (Å²) in [5.74, 6) is -0.412. The van der Waals surface area contributed by atoms with Crippen molar-refractivity contribution < 1.29 is 18.4 Å². The Labute approximate surface area is 190 Å². The number of carbonyl (C=O) groups excluding carboxylic acids is 1. The van der Waals surface area contributed by atoms with Crippen LogP contribution in [0.15, 0.2) is 35.3 Å². The molecule has 0 spiro atoms. The molecule has 0 atom stereocenters. The first kappa shape index (κ1) is 24.3. The summed E-state index contributed by atoms with van der Waals surface area (Å²) in [6, 6.07) is 6.83. The lowest BCUT2D eigenvalue weighted by Crippen LogP contribution is -2.26. The van der Waals surface area contributed by atoms with Crippen LogP contribution in [-0.4, -0.2) is 52.4 Å². The topological polar surface area (TPSA) is 165 Å². The third-order valence-corrected chi connectivity index (χ3v) is 6.39. The lowest BCUT2D eigenvalue weighted by molar-refractivity contribution is 0.0954. The van der Waals surface area contributed by atoms with E-state index in [0.717, 1.165) is 5.69 Å². The molecule has 2 heterocycles. The summed E-state index contributed by atoms with van der Waals surface area (Å²) < 4.78 is 22.8. The van der Waals surface area contributed by atoms with Gasteiger partial charge in [0.05, 0.1) is 31.6 Å². The number of carbonyl (C=O) groups is 1. The number of nitrogens with one attached hydrogen (secondary N) is 2. The molecule has 1 aromatic carbocycles. The Morgan fingerprint density at radius 2 is 1.85 bits per heavy atom. The van der Waals surface area contributed by atoms with Gasteiger partial charge in [0.15, 0.2) is 11.2 Å². The summed E-state index contributed by atoms with van der Waals surface area (Å²) >= 11 is 0. The van der Waals surface area contributed by atoms with E-state index in [0.29, 0.717) is 17.8 Å². The average Bonchev–Trinajstić information content (AvgIpc) is 2.78. The maximum absolute atomic E-state index is 12.5. The monoisotopic (exact) mass is 475 g/mol. The van der Waals surface area contributed by atoms with Crippen molar-refractivity contribution >= 4 is 36.3 Å². The second-order valence-corrected chi connectivity index (χ2v) is 9.05. The quantitative estimate of drug-likeness (QED) is 0.369. The number of anilines is 2. The van der Waals surface area contributed by atoms with Crippen LogP contribution in [-0.2, 0) is 20.2 Å². The van der Waals surface area contributed by atoms with Gasteiger partial charge >= 0.3 is 7.60 Å². The summed E-state index contributed by atoms with van der Waals surface area (Å²) in [6.45, 7) is 4.21. The molecular weight excluding hydrogens is 449 g/mol. The van der Waals surface area contributed by atoms with Crippen molar-refractivity contribution in [1.82, 2.24) is 25.3 Å². The molecule has 12 nitrogen and oxygen atoms in total. The molecule has 0 saturated carbocycles. The number of nitrogens with two attached hydrogens (primary N) is 1. The van der Waals surface area contributed by atoms with Crippen molar-refractivity contribution in [2.45, 2.75) is 20.4 Å². The summed E-state index contributed by atoms with van der Waals surface area (Å²) in [6.07, 6.45) is 1.32. The highest BCUT2D eigenvalue weighted by Crippen LogP contribution is 2.46. The minimum absolute atomic E-state index is 0.0191. The zero-order valence-corrected chi connectivity index (χ0v) is 19.5. The Bertz CT molecular complexity index is 1220. The summed E-state index contributed by atoms with van der Waals surface area (Å²) in [5.41, 5.74) is 7.12. The first-order valence-electron chi connectivity index (χ1n) is 10.2. The van der Waals surface area contributed by atoms with Crippen LogP contribution < -0.4 is 21.5 Å². The first-order chi connectivity index (χ1) is 15.7. The van der Waals surface area contributed by atoms with Crippen LogP contribution in [0.5, 0.6) is 0 Å². The van der Waals surface area contributed by atoms with Crippen LogP contribution in [0.25, 0.3) is 11.2 Å². The Hall–Kier alpha value is -3.34. The smallest absolute Gasteiger partial charge is 0.349 e. The Balaban J connectivity index is 1.65. The zero-order chi connectivity index (χ0) is 24.0. The van der Waals surface area contributed by atoms with E-state index in [1.165, 1.54) is 6.20 Å². The Kier molecular flexibility index (Phi) is 7.75. The molecule has 0 unspecified atom stereocenters. The Morgan fingerprint density at radius 1 is 1.18 bits per heavy atom. The predicted octanol–water partition coefficient (Wildman–Crippen LogP) is 1.89. The molecule has 2 aromatic heterocycles. The number of hydrogen-bond donors (Lipinski definition) is 3. The van der Waals surface area contributed by atoms with Crippen molar-refractivity contribution in [2.75, 3.05) is 37.2 Å². The third kappa shape index (κ3) is 6.13. The van der Waals surface area contributed by atoms with E-state index in [4.69, 9.17) is 14.8 Å². The molecule has 13 heteroatoms. The molecule has 176 valence electrons. The van der Waals surface area contributed by atoms with E-state index in [2.05, 4.69) is 25.3 Å². The molecular formula is C20H26N7O5P. The second-order valence-electron chi connectivity index (χ2n) is 7.00. The Morgan fingerprint density at radius 3 is 2.48 bits per heavy atom. The van der Waals surface area contributed by atoms with Gasteiger partial charge in [-0.1, -0.05) is 0 Å². The largest absolute Gasteiger partial charge is 0.369 e. The van der Waals surface area contributed by atoms with Gasteiger partial charge in [-0.2, -0.15) is 4.98 Å². The van der Waals surface area contributed by atoms with Gasteiger partial charge in [0.25, 0.3) is 11.5 Å². The van der Waals surface area contributed by atoms with E-state index in [-0.39, 0.29) is 36.6 Å². The lowest BCUT2D eigenvalue weighted by Gasteiger charge is -2.19. The number of aromatic nitrogens is 4. The van der Waals surface area contributed by atoms with Gasteiger partial charge in [0.1, 0.15) is 6.29 Å². The minimum Gasteiger partial charge on any atom is -0.369 e. The van der Waals surface area contributed by atoms with Gasteiger partial charge in [-0.15, -0.1) is 0 Å². The first-order valence-corrected chi connectivity index (χ1v) is 12.0. The highest BCUT2D eigenvalue weighted by atomic mass is 31.2. The number of aromatic amines is 1. The van der Waals surface area contributed by atoms with Crippen molar-refractivity contribution in [1.29, 1.82) is 0 Å². The second kappa shape index (κ2) is 10.5. The highest BCUT2D eigenvalue weighted by molar-refractivity contribution is 7.53. The number of nitrogen functional groups attached to an aromatic ring is 1. The third-order valence-electron chi connectivity index (χ3n) is 4.54. The fraction of sp³-hybridized carbons (Fsp3) is 0.350. The molecule has 3 rings (SSSR count). The summed E-state index contributed by atoms with van der Waals surface area (Å²) in [7, 11) is -1.53. The van der Waals surface area contributed by atoms with Crippen LogP contribution in [0.2, 0.25) is 0 Å². The van der Waals surface area contributed by atoms with E-state index in [1.54, 1.807) is 38.1 Å². The van der Waals surface area contributed by atoms with Crippen LogP contribution >= 0.6 is 7.60 Å². The van der Waals surface area contributed by atoms with Crippen molar-refractivity contribution in [3.05, 3.63) is 52.1 Å². The van der Waals surface area contributed by atoms with Gasteiger partial charge in [-0.3, -0.25) is 19.1 Å². The van der Waals surface area contributed by atoms with Crippen molar-refractivity contribution in [2.24, 2.45) is 0 Å². The maximum atomic E-state index is 12.5. The molecule has 3 aromatic rings. The molecule has 0 saturated heterocycles. The van der Waals surface area contributed by atoms with Crippen LogP contribution in [0.3, 0.4) is 0 Å². The lowest BCUT2D eigenvalue weighted by atomic mass is 10.2. The summed E-state index contributed by atoms with van der Waals surface area (Å²) in [5, 5.41) is 2.59. The summed E-state index contributed by atoms with van der Waals surface area (Å²) in [4.78, 5) is 41.2. The molecule has 0 aliphatic rings. The van der Waals surface area contributed by atoms with Crippen LogP contribution in [0, 0.1) is 0 Å². The maximum Gasteiger partial charge on any atom is 0.349 e. The number of fused-ring (bicyclic) bond motifs is 1. The number of amides is 1. The van der Waals surface area contributed by atoms with Gasteiger partial charge in [0, 0.05) is 18.3 Å². The highest BCUT2D eigenvalue weighted by Gasteiger charge is 2.24. The SMILES string of the molecule is CCOP(=O)(CNC(=O)c1ccc(N(C)Cc2cnc3nc(N)[nH]c(=O)c3n2)cc1)OCC. The normalized spacial score (nSPS) is 11.5. The molecule has 33 heavy (non-hydrogen) atoms. The van der Waals surface area contributed by atoms with E-state index >= 15 is 0 Å². The van der Waals surface area contributed by atoms with E-state index in [1.807, 2.05) is 11.9 Å².